The van der Waals surface area contributed by atoms with E-state index in [0.717, 1.165) is 11.3 Å². The van der Waals surface area contributed by atoms with Gasteiger partial charge in [0.05, 0.1) is 0 Å². The van der Waals surface area contributed by atoms with Gasteiger partial charge in [-0.2, -0.15) is 15.0 Å². The van der Waals surface area contributed by atoms with E-state index in [9.17, 15) is 4.79 Å². The summed E-state index contributed by atoms with van der Waals surface area (Å²) in [6.07, 6.45) is 0. The Morgan fingerprint density at radius 2 is 1.84 bits per heavy atom. The van der Waals surface area contributed by atoms with Gasteiger partial charge in [-0.15, -0.1) is 0 Å². The van der Waals surface area contributed by atoms with Crippen LogP contribution in [0.2, 0.25) is 0 Å². The standard InChI is InChI=1S/C11H13N7O/c1-6-2-4-7(5-3-6)14-11-16-8(9(19)18-13)15-10(12)17-11/h2-5H,13H2,1H3,(H,18,19)(H3,12,14,15,16,17). The maximum Gasteiger partial charge on any atom is 0.303 e. The maximum absolute atomic E-state index is 11.3. The zero-order chi connectivity index (χ0) is 13.8. The molecule has 0 atom stereocenters. The normalized spacial score (nSPS) is 10.0. The van der Waals surface area contributed by atoms with Gasteiger partial charge >= 0.3 is 5.91 Å². The van der Waals surface area contributed by atoms with Crippen molar-refractivity contribution in [3.05, 3.63) is 35.7 Å². The molecule has 0 unspecified atom stereocenters. The molecule has 0 aliphatic rings. The predicted molar refractivity (Wildman–Crippen MR) is 70.4 cm³/mol. The fourth-order valence-corrected chi connectivity index (χ4v) is 1.38. The van der Waals surface area contributed by atoms with E-state index in [4.69, 9.17) is 11.6 Å². The van der Waals surface area contributed by atoms with Gasteiger partial charge in [-0.1, -0.05) is 17.7 Å². The van der Waals surface area contributed by atoms with E-state index in [1.807, 2.05) is 36.6 Å². The Kier molecular flexibility index (Phi) is 3.53. The van der Waals surface area contributed by atoms with E-state index in [2.05, 4.69) is 20.3 Å². The molecule has 98 valence electrons. The van der Waals surface area contributed by atoms with Gasteiger partial charge in [0, 0.05) is 5.69 Å². The summed E-state index contributed by atoms with van der Waals surface area (Å²) in [6, 6.07) is 7.58. The molecule has 0 fully saturated rings. The lowest BCUT2D eigenvalue weighted by Gasteiger charge is -2.06. The number of benzene rings is 1. The fraction of sp³-hybridized carbons (Fsp3) is 0.0909. The molecular formula is C11H13N7O. The van der Waals surface area contributed by atoms with E-state index >= 15 is 0 Å². The summed E-state index contributed by atoms with van der Waals surface area (Å²) in [7, 11) is 0. The summed E-state index contributed by atoms with van der Waals surface area (Å²) in [5.41, 5.74) is 9.34. The minimum atomic E-state index is -0.638. The number of aromatic nitrogens is 3. The molecular weight excluding hydrogens is 246 g/mol. The number of hydrogen-bond donors (Lipinski definition) is 4. The van der Waals surface area contributed by atoms with Crippen molar-refractivity contribution in [3.8, 4) is 0 Å². The van der Waals surface area contributed by atoms with Gasteiger partial charge in [0.1, 0.15) is 0 Å². The van der Waals surface area contributed by atoms with Crippen LogP contribution in [0.15, 0.2) is 24.3 Å². The van der Waals surface area contributed by atoms with Crippen molar-refractivity contribution in [2.24, 2.45) is 5.84 Å². The lowest BCUT2D eigenvalue weighted by Crippen LogP contribution is -2.32. The first-order chi connectivity index (χ1) is 9.08. The number of hydrogen-bond acceptors (Lipinski definition) is 7. The van der Waals surface area contributed by atoms with Gasteiger partial charge in [-0.25, -0.2) is 5.84 Å². The first kappa shape index (κ1) is 12.7. The zero-order valence-electron chi connectivity index (χ0n) is 10.2. The van der Waals surface area contributed by atoms with Crippen LogP contribution >= 0.6 is 0 Å². The number of anilines is 3. The number of nitrogens with two attached hydrogens (primary N) is 2. The number of amides is 1. The molecule has 0 spiro atoms. The molecule has 0 bridgehead atoms. The van der Waals surface area contributed by atoms with Crippen molar-refractivity contribution in [2.45, 2.75) is 6.92 Å². The van der Waals surface area contributed by atoms with Crippen LogP contribution in [-0.2, 0) is 0 Å². The third-order valence-corrected chi connectivity index (χ3v) is 2.29. The smallest absolute Gasteiger partial charge is 0.303 e. The molecule has 1 aromatic heterocycles. The Bertz CT molecular complexity index is 596. The minimum Gasteiger partial charge on any atom is -0.368 e. The molecule has 8 nitrogen and oxygen atoms in total. The molecule has 0 aliphatic heterocycles. The molecule has 0 aliphatic carbocycles. The summed E-state index contributed by atoms with van der Waals surface area (Å²) in [4.78, 5) is 22.8. The monoisotopic (exact) mass is 259 g/mol. The molecule has 19 heavy (non-hydrogen) atoms. The highest BCUT2D eigenvalue weighted by atomic mass is 16.2. The van der Waals surface area contributed by atoms with Crippen molar-refractivity contribution in [3.63, 3.8) is 0 Å². The number of rotatable bonds is 3. The first-order valence-electron chi connectivity index (χ1n) is 5.44. The molecule has 0 saturated heterocycles. The van der Waals surface area contributed by atoms with Crippen molar-refractivity contribution in [1.82, 2.24) is 20.4 Å². The quantitative estimate of drug-likeness (QED) is 0.349. The number of nitrogen functional groups attached to an aromatic ring is 2. The largest absolute Gasteiger partial charge is 0.368 e. The molecule has 2 rings (SSSR count). The van der Waals surface area contributed by atoms with Crippen LogP contribution in [0.25, 0.3) is 0 Å². The number of hydrazine groups is 1. The molecule has 0 radical (unpaired) electrons. The van der Waals surface area contributed by atoms with Gasteiger partial charge in [-0.3, -0.25) is 10.2 Å². The predicted octanol–water partition coefficient (Wildman–Crippen LogP) is 0.109. The fourth-order valence-electron chi connectivity index (χ4n) is 1.38. The summed E-state index contributed by atoms with van der Waals surface area (Å²) in [5, 5.41) is 2.93. The van der Waals surface area contributed by atoms with Crippen molar-refractivity contribution < 1.29 is 4.79 Å². The SMILES string of the molecule is Cc1ccc(Nc2nc(N)nc(C(=O)NN)n2)cc1. The van der Waals surface area contributed by atoms with E-state index in [-0.39, 0.29) is 17.7 Å². The van der Waals surface area contributed by atoms with E-state index < -0.39 is 5.91 Å². The highest BCUT2D eigenvalue weighted by Gasteiger charge is 2.11. The molecule has 1 amide bonds. The third kappa shape index (κ3) is 3.13. The van der Waals surface area contributed by atoms with Crippen LogP contribution in [0.5, 0.6) is 0 Å². The highest BCUT2D eigenvalue weighted by molar-refractivity contribution is 5.90. The second-order valence-electron chi connectivity index (χ2n) is 3.81. The number of aryl methyl sites for hydroxylation is 1. The summed E-state index contributed by atoms with van der Waals surface area (Å²) in [5.74, 6) is 4.34. The average Bonchev–Trinajstić information content (AvgIpc) is 2.40. The lowest BCUT2D eigenvalue weighted by molar-refractivity contribution is 0.0943. The first-order valence-corrected chi connectivity index (χ1v) is 5.44. The Morgan fingerprint density at radius 1 is 1.16 bits per heavy atom. The van der Waals surface area contributed by atoms with Gasteiger partial charge in [0.25, 0.3) is 0 Å². The maximum atomic E-state index is 11.3. The Morgan fingerprint density at radius 3 is 2.47 bits per heavy atom. The lowest BCUT2D eigenvalue weighted by atomic mass is 10.2. The van der Waals surface area contributed by atoms with Crippen molar-refractivity contribution >= 4 is 23.5 Å². The average molecular weight is 259 g/mol. The van der Waals surface area contributed by atoms with Gasteiger partial charge in [-0.05, 0) is 19.1 Å². The van der Waals surface area contributed by atoms with Crippen molar-refractivity contribution in [1.29, 1.82) is 0 Å². The van der Waals surface area contributed by atoms with Crippen LogP contribution in [0.3, 0.4) is 0 Å². The molecule has 0 saturated carbocycles. The highest BCUT2D eigenvalue weighted by Crippen LogP contribution is 2.14. The molecule has 1 aromatic carbocycles. The minimum absolute atomic E-state index is 0.0665. The molecule has 6 N–H and O–H groups in total. The third-order valence-electron chi connectivity index (χ3n) is 2.29. The topological polar surface area (TPSA) is 132 Å². The van der Waals surface area contributed by atoms with E-state index in [1.54, 1.807) is 0 Å². The Balaban J connectivity index is 2.27. The van der Waals surface area contributed by atoms with Crippen LogP contribution in [0.1, 0.15) is 16.2 Å². The second-order valence-corrected chi connectivity index (χ2v) is 3.81. The van der Waals surface area contributed by atoms with Crippen LogP contribution < -0.4 is 22.3 Å². The molecule has 2 aromatic rings. The Hall–Kier alpha value is -2.74. The van der Waals surface area contributed by atoms with Crippen LogP contribution in [-0.4, -0.2) is 20.9 Å². The van der Waals surface area contributed by atoms with Gasteiger partial charge < -0.3 is 11.1 Å². The second kappa shape index (κ2) is 5.27. The summed E-state index contributed by atoms with van der Waals surface area (Å²) >= 11 is 0. The van der Waals surface area contributed by atoms with Crippen LogP contribution in [0.4, 0.5) is 17.6 Å². The van der Waals surface area contributed by atoms with Gasteiger partial charge in [0.15, 0.2) is 0 Å². The summed E-state index contributed by atoms with van der Waals surface area (Å²) < 4.78 is 0. The van der Waals surface area contributed by atoms with E-state index in [0.29, 0.717) is 0 Å². The van der Waals surface area contributed by atoms with Crippen molar-refractivity contribution in [2.75, 3.05) is 11.1 Å². The van der Waals surface area contributed by atoms with E-state index in [1.165, 1.54) is 0 Å². The Labute approximate surface area is 109 Å². The van der Waals surface area contributed by atoms with Crippen LogP contribution in [0, 0.1) is 6.92 Å². The number of carbonyl (C=O) groups is 1. The zero-order valence-corrected chi connectivity index (χ0v) is 10.2. The number of nitrogens with one attached hydrogen (secondary N) is 2. The molecule has 8 heteroatoms. The summed E-state index contributed by atoms with van der Waals surface area (Å²) in [6.45, 7) is 1.98. The number of nitrogens with zero attached hydrogens (tertiary/aromatic N) is 3. The van der Waals surface area contributed by atoms with Gasteiger partial charge in [0.2, 0.25) is 17.7 Å². The molecule has 1 heterocycles. The number of carbonyl (C=O) groups excluding carboxylic acids is 1.